The van der Waals surface area contributed by atoms with Crippen molar-refractivity contribution in [3.05, 3.63) is 41.8 Å². The number of nitrogens with zero attached hydrogens (tertiary/aromatic N) is 4. The number of hydrogen-bond donors (Lipinski definition) is 0. The van der Waals surface area contributed by atoms with Crippen molar-refractivity contribution >= 4 is 36.5 Å². The highest BCUT2D eigenvalue weighted by atomic mass is 35.5. The van der Waals surface area contributed by atoms with Crippen molar-refractivity contribution in [2.24, 2.45) is 0 Å². The van der Waals surface area contributed by atoms with Gasteiger partial charge in [-0.2, -0.15) is 0 Å². The van der Waals surface area contributed by atoms with Crippen molar-refractivity contribution < 1.29 is 9.47 Å². The lowest BCUT2D eigenvalue weighted by Gasteiger charge is -2.32. The number of hydrogen-bond acceptors (Lipinski definition) is 5. The zero-order valence-electron chi connectivity index (χ0n) is 19.5. The molecule has 0 atom stereocenters. The molecule has 3 heterocycles. The summed E-state index contributed by atoms with van der Waals surface area (Å²) in [7, 11) is 0.660. The van der Waals surface area contributed by atoms with Gasteiger partial charge >= 0.3 is 0 Å². The van der Waals surface area contributed by atoms with Gasteiger partial charge in [0.25, 0.3) is 0 Å². The van der Waals surface area contributed by atoms with Gasteiger partial charge in [-0.25, -0.2) is 9.97 Å². The molecule has 1 aromatic carbocycles. The Bertz CT molecular complexity index is 1060. The molecule has 0 unspecified atom stereocenters. The summed E-state index contributed by atoms with van der Waals surface area (Å²) in [6.07, 6.45) is 6.11. The van der Waals surface area contributed by atoms with Crippen LogP contribution in [0.4, 0.5) is 5.82 Å². The SMILES string of the molecule is COC1CCN(c2ncnc3c2c(-c2cccc(Cl)c2)cn3COCC[Si](C)(C)C)CC1. The van der Waals surface area contributed by atoms with Crippen LogP contribution in [0.25, 0.3) is 22.2 Å². The molecule has 4 rings (SSSR count). The number of anilines is 1. The number of benzene rings is 1. The molecule has 1 aliphatic rings. The maximum atomic E-state index is 6.34. The molecule has 0 aliphatic carbocycles. The van der Waals surface area contributed by atoms with Crippen molar-refractivity contribution in [2.45, 2.75) is 51.4 Å². The van der Waals surface area contributed by atoms with E-state index in [-0.39, 0.29) is 0 Å². The Morgan fingerprint density at radius 2 is 1.94 bits per heavy atom. The second kappa shape index (κ2) is 9.91. The predicted octanol–water partition coefficient (Wildman–Crippen LogP) is 5.68. The third-order valence-corrected chi connectivity index (χ3v) is 8.01. The van der Waals surface area contributed by atoms with Crippen LogP contribution in [0.5, 0.6) is 0 Å². The van der Waals surface area contributed by atoms with Crippen molar-refractivity contribution in [3.63, 3.8) is 0 Å². The van der Waals surface area contributed by atoms with E-state index in [0.717, 1.165) is 66.6 Å². The molecule has 0 saturated carbocycles. The number of fused-ring (bicyclic) bond motifs is 1. The third-order valence-electron chi connectivity index (χ3n) is 6.07. The Balaban J connectivity index is 1.71. The van der Waals surface area contributed by atoms with Gasteiger partial charge in [-0.3, -0.25) is 0 Å². The number of rotatable bonds is 8. The first-order valence-electron chi connectivity index (χ1n) is 11.3. The highest BCUT2D eigenvalue weighted by Crippen LogP contribution is 2.37. The lowest BCUT2D eigenvalue weighted by Crippen LogP contribution is -2.37. The van der Waals surface area contributed by atoms with E-state index in [1.165, 1.54) is 0 Å². The van der Waals surface area contributed by atoms with Crippen LogP contribution in [-0.2, 0) is 16.2 Å². The van der Waals surface area contributed by atoms with E-state index >= 15 is 0 Å². The molecule has 32 heavy (non-hydrogen) atoms. The number of aromatic nitrogens is 3. The summed E-state index contributed by atoms with van der Waals surface area (Å²) in [5.41, 5.74) is 3.04. The van der Waals surface area contributed by atoms with Crippen LogP contribution in [0.1, 0.15) is 12.8 Å². The van der Waals surface area contributed by atoms with Crippen molar-refractivity contribution in [3.8, 4) is 11.1 Å². The van der Waals surface area contributed by atoms with Gasteiger partial charge in [0, 0.05) is 51.7 Å². The summed E-state index contributed by atoms with van der Waals surface area (Å²) in [4.78, 5) is 11.7. The highest BCUT2D eigenvalue weighted by molar-refractivity contribution is 6.76. The van der Waals surface area contributed by atoms with Gasteiger partial charge in [0.05, 0.1) is 11.5 Å². The van der Waals surface area contributed by atoms with Crippen LogP contribution in [0.3, 0.4) is 0 Å². The van der Waals surface area contributed by atoms with Gasteiger partial charge in [-0.15, -0.1) is 0 Å². The first-order chi connectivity index (χ1) is 15.4. The summed E-state index contributed by atoms with van der Waals surface area (Å²) >= 11 is 6.34. The minimum atomic E-state index is -1.13. The normalized spacial score (nSPS) is 15.6. The molecule has 3 aromatic rings. The Kier molecular flexibility index (Phi) is 7.20. The fourth-order valence-electron chi connectivity index (χ4n) is 4.17. The molecule has 8 heteroatoms. The van der Waals surface area contributed by atoms with Crippen LogP contribution in [0.15, 0.2) is 36.8 Å². The molecule has 0 bridgehead atoms. The molecule has 1 fully saturated rings. The Morgan fingerprint density at radius 3 is 2.62 bits per heavy atom. The maximum absolute atomic E-state index is 6.34. The molecule has 0 spiro atoms. The predicted molar refractivity (Wildman–Crippen MR) is 134 cm³/mol. The second-order valence-electron chi connectivity index (χ2n) is 9.69. The van der Waals surface area contributed by atoms with Crippen LogP contribution < -0.4 is 4.90 Å². The first-order valence-corrected chi connectivity index (χ1v) is 15.4. The van der Waals surface area contributed by atoms with Crippen LogP contribution in [0, 0.1) is 0 Å². The molecule has 0 amide bonds. The fourth-order valence-corrected chi connectivity index (χ4v) is 5.11. The molecular weight excluding hydrogens is 440 g/mol. The average Bonchev–Trinajstić information content (AvgIpc) is 3.15. The largest absolute Gasteiger partial charge is 0.381 e. The zero-order valence-corrected chi connectivity index (χ0v) is 21.2. The molecule has 0 N–H and O–H groups in total. The first kappa shape index (κ1) is 23.2. The molecule has 6 nitrogen and oxygen atoms in total. The molecule has 1 aliphatic heterocycles. The van der Waals surface area contributed by atoms with Gasteiger partial charge in [0.2, 0.25) is 0 Å². The number of halogens is 1. The van der Waals surface area contributed by atoms with E-state index in [1.54, 1.807) is 13.4 Å². The number of piperidine rings is 1. The lowest BCUT2D eigenvalue weighted by molar-refractivity contribution is 0.0818. The Labute approximate surface area is 196 Å². The minimum Gasteiger partial charge on any atom is -0.381 e. The van der Waals surface area contributed by atoms with Gasteiger partial charge < -0.3 is 18.9 Å². The molecule has 1 saturated heterocycles. The van der Waals surface area contributed by atoms with Crippen molar-refractivity contribution in [1.29, 1.82) is 0 Å². The fraction of sp³-hybridized carbons (Fsp3) is 0.500. The van der Waals surface area contributed by atoms with E-state index in [0.29, 0.717) is 17.9 Å². The summed E-state index contributed by atoms with van der Waals surface area (Å²) in [5.74, 6) is 0.973. The average molecular weight is 473 g/mol. The molecule has 2 aromatic heterocycles. The zero-order chi connectivity index (χ0) is 22.7. The maximum Gasteiger partial charge on any atom is 0.148 e. The topological polar surface area (TPSA) is 52.4 Å². The highest BCUT2D eigenvalue weighted by Gasteiger charge is 2.24. The van der Waals surface area contributed by atoms with E-state index < -0.39 is 8.07 Å². The van der Waals surface area contributed by atoms with E-state index in [9.17, 15) is 0 Å². The van der Waals surface area contributed by atoms with Crippen molar-refractivity contribution in [1.82, 2.24) is 14.5 Å². The standard InChI is InChI=1S/C24H33ClN4O2Si/c1-30-20-8-10-28(11-9-20)23-22-21(18-6-5-7-19(25)14-18)15-29(24(22)27-16-26-23)17-31-12-13-32(2,3)4/h5-7,14-16,20H,8-13,17H2,1-4H3. The number of methoxy groups -OCH3 is 1. The minimum absolute atomic E-state index is 0.320. The van der Waals surface area contributed by atoms with Gasteiger partial charge in [0.15, 0.2) is 0 Å². The van der Waals surface area contributed by atoms with Gasteiger partial charge in [-0.05, 0) is 36.6 Å². The summed E-state index contributed by atoms with van der Waals surface area (Å²) in [6, 6.07) is 9.11. The summed E-state index contributed by atoms with van der Waals surface area (Å²) in [6.45, 7) is 10.2. The summed E-state index contributed by atoms with van der Waals surface area (Å²) in [5, 5.41) is 1.77. The molecular formula is C24H33ClN4O2Si. The third kappa shape index (κ3) is 5.34. The van der Waals surface area contributed by atoms with Gasteiger partial charge in [0.1, 0.15) is 24.5 Å². The quantitative estimate of drug-likeness (QED) is 0.312. The van der Waals surface area contributed by atoms with Gasteiger partial charge in [-0.1, -0.05) is 43.4 Å². The monoisotopic (exact) mass is 472 g/mol. The molecule has 172 valence electrons. The molecule has 0 radical (unpaired) electrons. The number of ether oxygens (including phenoxy) is 2. The Morgan fingerprint density at radius 1 is 1.16 bits per heavy atom. The van der Waals surface area contributed by atoms with E-state index in [2.05, 4.69) is 46.4 Å². The second-order valence-corrected chi connectivity index (χ2v) is 15.7. The summed E-state index contributed by atoms with van der Waals surface area (Å²) < 4.78 is 13.7. The Hall–Kier alpha value is -1.93. The van der Waals surface area contributed by atoms with Crippen LogP contribution >= 0.6 is 11.6 Å². The lowest BCUT2D eigenvalue weighted by atomic mass is 10.0. The van der Waals surface area contributed by atoms with Crippen LogP contribution in [-0.4, -0.2) is 55.5 Å². The van der Waals surface area contributed by atoms with Crippen LogP contribution in [0.2, 0.25) is 30.7 Å². The smallest absolute Gasteiger partial charge is 0.148 e. The van der Waals surface area contributed by atoms with E-state index in [4.69, 9.17) is 26.1 Å². The van der Waals surface area contributed by atoms with Crippen molar-refractivity contribution in [2.75, 3.05) is 31.7 Å². The van der Waals surface area contributed by atoms with E-state index in [1.807, 2.05) is 18.2 Å².